The largest absolute Gasteiger partial charge is 0.298 e. The van der Waals surface area contributed by atoms with E-state index in [2.05, 4.69) is 32.3 Å². The molecule has 0 radical (unpaired) electrons. The van der Waals surface area contributed by atoms with Crippen LogP contribution in [0.3, 0.4) is 0 Å². The monoisotopic (exact) mass is 307 g/mol. The highest BCUT2D eigenvalue weighted by atomic mass is 79.9. The first kappa shape index (κ1) is 11.9. The lowest BCUT2D eigenvalue weighted by molar-refractivity contribution is 0.179. The van der Waals surface area contributed by atoms with Crippen LogP contribution < -0.4 is 0 Å². The molecule has 0 N–H and O–H groups in total. The molecule has 0 saturated carbocycles. The molecule has 0 aliphatic carbocycles. The molecule has 2 heterocycles. The average Bonchev–Trinajstić information content (AvgIpc) is 2.64. The van der Waals surface area contributed by atoms with Crippen molar-refractivity contribution in [2.45, 2.75) is 19.4 Å². The van der Waals surface area contributed by atoms with Gasteiger partial charge in [-0.1, -0.05) is 0 Å². The van der Waals surface area contributed by atoms with Crippen LogP contribution in [-0.2, 0) is 6.54 Å². The summed E-state index contributed by atoms with van der Waals surface area (Å²) in [6.45, 7) is 3.48. The molecule has 0 aromatic carbocycles. The van der Waals surface area contributed by atoms with Gasteiger partial charge in [0.05, 0.1) is 0 Å². The second-order valence-electron chi connectivity index (χ2n) is 4.13. The van der Waals surface area contributed by atoms with Crippen molar-refractivity contribution < 1.29 is 0 Å². The van der Waals surface area contributed by atoms with Crippen LogP contribution in [0.2, 0.25) is 0 Å². The number of hydrogen-bond donors (Lipinski definition) is 0. The molecule has 1 nitrogen and oxygen atoms in total. The van der Waals surface area contributed by atoms with Gasteiger partial charge in [-0.15, -0.1) is 22.9 Å². The Hall–Kier alpha value is 0.430. The van der Waals surface area contributed by atoms with Gasteiger partial charge in [0.25, 0.3) is 0 Å². The van der Waals surface area contributed by atoms with Crippen LogP contribution >= 0.6 is 38.9 Å². The lowest BCUT2D eigenvalue weighted by Gasteiger charge is -2.31. The first-order chi connectivity index (χ1) is 7.28. The molecule has 2 rings (SSSR count). The predicted molar refractivity (Wildman–Crippen MR) is 70.7 cm³/mol. The van der Waals surface area contributed by atoms with Gasteiger partial charge in [0.2, 0.25) is 0 Å². The predicted octanol–water partition coefficient (Wildman–Crippen LogP) is 3.96. The van der Waals surface area contributed by atoms with E-state index in [1.54, 1.807) is 0 Å². The zero-order valence-electron chi connectivity index (χ0n) is 8.59. The summed E-state index contributed by atoms with van der Waals surface area (Å²) in [4.78, 5) is 3.96. The molecule has 1 fully saturated rings. The molecule has 1 saturated heterocycles. The lowest BCUT2D eigenvalue weighted by atomic mass is 10.0. The minimum Gasteiger partial charge on any atom is -0.298 e. The maximum atomic E-state index is 5.92. The molecule has 1 aliphatic heterocycles. The van der Waals surface area contributed by atoms with Crippen LogP contribution in [0.5, 0.6) is 0 Å². The summed E-state index contributed by atoms with van der Waals surface area (Å²) in [5, 5.41) is 2.15. The Morgan fingerprint density at radius 1 is 1.60 bits per heavy atom. The van der Waals surface area contributed by atoms with Crippen molar-refractivity contribution in [3.05, 3.63) is 20.8 Å². The molecule has 0 amide bonds. The third-order valence-electron chi connectivity index (χ3n) is 2.82. The van der Waals surface area contributed by atoms with Crippen molar-refractivity contribution in [1.29, 1.82) is 0 Å². The van der Waals surface area contributed by atoms with E-state index in [9.17, 15) is 0 Å². The van der Waals surface area contributed by atoms with Gasteiger partial charge in [0.15, 0.2) is 0 Å². The van der Waals surface area contributed by atoms with Gasteiger partial charge in [-0.25, -0.2) is 0 Å². The zero-order chi connectivity index (χ0) is 10.7. The van der Waals surface area contributed by atoms with Crippen molar-refractivity contribution >= 4 is 38.9 Å². The van der Waals surface area contributed by atoms with E-state index in [1.807, 2.05) is 11.3 Å². The van der Waals surface area contributed by atoms with Crippen LogP contribution in [0.4, 0.5) is 0 Å². The summed E-state index contributed by atoms with van der Waals surface area (Å²) in [7, 11) is 0. The normalized spacial score (nSPS) is 23.2. The van der Waals surface area contributed by atoms with E-state index in [4.69, 9.17) is 11.6 Å². The van der Waals surface area contributed by atoms with Crippen molar-refractivity contribution in [2.24, 2.45) is 5.92 Å². The second-order valence-corrected chi connectivity index (χ2v) is 6.35. The number of piperidine rings is 1. The highest BCUT2D eigenvalue weighted by Gasteiger charge is 2.19. The third kappa shape index (κ3) is 3.45. The Kier molecular flexibility index (Phi) is 4.50. The first-order valence-corrected chi connectivity index (χ1v) is 7.50. The van der Waals surface area contributed by atoms with Gasteiger partial charge < -0.3 is 0 Å². The van der Waals surface area contributed by atoms with Crippen LogP contribution in [0.15, 0.2) is 15.9 Å². The van der Waals surface area contributed by atoms with Crippen LogP contribution in [0.25, 0.3) is 0 Å². The molecule has 1 aliphatic rings. The minimum atomic E-state index is 0.698. The van der Waals surface area contributed by atoms with Gasteiger partial charge in [-0.05, 0) is 47.3 Å². The highest BCUT2D eigenvalue weighted by molar-refractivity contribution is 9.10. The molecule has 15 heavy (non-hydrogen) atoms. The number of rotatable bonds is 3. The van der Waals surface area contributed by atoms with Crippen LogP contribution in [0, 0.1) is 5.92 Å². The Balaban J connectivity index is 1.88. The molecule has 0 bridgehead atoms. The van der Waals surface area contributed by atoms with E-state index in [0.717, 1.165) is 12.4 Å². The summed E-state index contributed by atoms with van der Waals surface area (Å²) < 4.78 is 1.20. The van der Waals surface area contributed by atoms with Crippen molar-refractivity contribution in [1.82, 2.24) is 4.90 Å². The molecule has 4 heteroatoms. The fourth-order valence-electron chi connectivity index (χ4n) is 2.08. The smallest absolute Gasteiger partial charge is 0.0328 e. The second kappa shape index (κ2) is 5.67. The fourth-order valence-corrected chi connectivity index (χ4v) is 3.82. The van der Waals surface area contributed by atoms with E-state index in [-0.39, 0.29) is 0 Å². The Bertz CT molecular complexity index is 315. The summed E-state index contributed by atoms with van der Waals surface area (Å²) in [5.41, 5.74) is 0. The summed E-state index contributed by atoms with van der Waals surface area (Å²) in [6.07, 6.45) is 2.60. The van der Waals surface area contributed by atoms with E-state index < -0.39 is 0 Å². The quantitative estimate of drug-likeness (QED) is 0.764. The molecule has 1 aromatic heterocycles. The molecule has 1 aromatic rings. The summed E-state index contributed by atoms with van der Waals surface area (Å²) >= 11 is 11.2. The molecular weight excluding hydrogens is 294 g/mol. The average molecular weight is 309 g/mol. The number of hydrogen-bond acceptors (Lipinski definition) is 2. The van der Waals surface area contributed by atoms with Crippen LogP contribution in [0.1, 0.15) is 17.7 Å². The number of alkyl halides is 1. The number of halogens is 2. The van der Waals surface area contributed by atoms with Crippen molar-refractivity contribution in [2.75, 3.05) is 19.0 Å². The van der Waals surface area contributed by atoms with Gasteiger partial charge in [-0.2, -0.15) is 0 Å². The topological polar surface area (TPSA) is 3.24 Å². The highest BCUT2D eigenvalue weighted by Crippen LogP contribution is 2.24. The van der Waals surface area contributed by atoms with E-state index in [0.29, 0.717) is 5.92 Å². The fraction of sp³-hybridized carbons (Fsp3) is 0.636. The van der Waals surface area contributed by atoms with Crippen LogP contribution in [-0.4, -0.2) is 23.9 Å². The van der Waals surface area contributed by atoms with Gasteiger partial charge in [-0.3, -0.25) is 4.90 Å². The zero-order valence-corrected chi connectivity index (χ0v) is 11.7. The molecule has 1 atom stereocenters. The Morgan fingerprint density at radius 3 is 3.13 bits per heavy atom. The Morgan fingerprint density at radius 2 is 2.47 bits per heavy atom. The van der Waals surface area contributed by atoms with Gasteiger partial charge >= 0.3 is 0 Å². The van der Waals surface area contributed by atoms with Gasteiger partial charge in [0.1, 0.15) is 0 Å². The molecule has 84 valence electrons. The standard InChI is InChI=1S/C11H15BrClNS/c12-10-4-11(15-8-10)7-14-3-1-2-9(5-13)6-14/h4,8-9H,1-3,5-7H2. The lowest BCUT2D eigenvalue weighted by Crippen LogP contribution is -2.35. The third-order valence-corrected chi connectivity index (χ3v) is 4.94. The van der Waals surface area contributed by atoms with Crippen molar-refractivity contribution in [3.63, 3.8) is 0 Å². The van der Waals surface area contributed by atoms with Crippen molar-refractivity contribution in [3.8, 4) is 0 Å². The Labute approximate surface area is 109 Å². The minimum absolute atomic E-state index is 0.698. The summed E-state index contributed by atoms with van der Waals surface area (Å²) in [6, 6.07) is 2.22. The molecular formula is C11H15BrClNS. The molecule has 0 spiro atoms. The molecule has 1 unspecified atom stereocenters. The number of thiophene rings is 1. The van der Waals surface area contributed by atoms with E-state index >= 15 is 0 Å². The number of nitrogens with zero attached hydrogens (tertiary/aromatic N) is 1. The SMILES string of the molecule is ClCC1CCCN(Cc2cc(Br)cs2)C1. The summed E-state index contributed by atoms with van der Waals surface area (Å²) in [5.74, 6) is 1.51. The maximum Gasteiger partial charge on any atom is 0.0328 e. The van der Waals surface area contributed by atoms with Gasteiger partial charge in [0, 0.05) is 33.7 Å². The number of likely N-dealkylation sites (tertiary alicyclic amines) is 1. The first-order valence-electron chi connectivity index (χ1n) is 5.29. The maximum absolute atomic E-state index is 5.92. The van der Waals surface area contributed by atoms with E-state index in [1.165, 1.54) is 35.3 Å².